The quantitative estimate of drug-likeness (QED) is 0.551. The zero-order valence-corrected chi connectivity index (χ0v) is 9.80. The van der Waals surface area contributed by atoms with Crippen LogP contribution >= 0.6 is 0 Å². The highest BCUT2D eigenvalue weighted by Gasteiger charge is 2.02. The minimum absolute atomic E-state index is 0.149. The largest absolute Gasteiger partial charge is 0.393 e. The Bertz CT molecular complexity index is 92.5. The zero-order valence-electron chi connectivity index (χ0n) is 9.80. The first-order valence-electron chi connectivity index (χ1n) is 6.07. The molecule has 0 aliphatic carbocycles. The minimum Gasteiger partial charge on any atom is -0.393 e. The van der Waals surface area contributed by atoms with E-state index in [-0.39, 0.29) is 6.10 Å². The van der Waals surface area contributed by atoms with Crippen LogP contribution in [0.4, 0.5) is 0 Å². The molecule has 1 atom stereocenters. The van der Waals surface area contributed by atoms with Gasteiger partial charge in [-0.3, -0.25) is 0 Å². The monoisotopic (exact) mass is 202 g/mol. The molecule has 14 heavy (non-hydrogen) atoms. The van der Waals surface area contributed by atoms with Crippen molar-refractivity contribution >= 4 is 0 Å². The fraction of sp³-hybridized carbons (Fsp3) is 1.00. The molecule has 0 rings (SSSR count). The standard InChI is InChI=1S/C12H26O2/c1-3-5-6-7-8-12(13)9-11-14-10-4-2/h12-13H,3-11H2,1-2H3. The third-order valence-electron chi connectivity index (χ3n) is 2.33. The SMILES string of the molecule is CCCCCCC(O)CCOCCC. The average molecular weight is 202 g/mol. The number of hydrogen-bond acceptors (Lipinski definition) is 2. The summed E-state index contributed by atoms with van der Waals surface area (Å²) in [7, 11) is 0. The van der Waals surface area contributed by atoms with Crippen LogP contribution in [-0.2, 0) is 4.74 Å². The third kappa shape index (κ3) is 10.0. The second-order valence-corrected chi connectivity index (χ2v) is 3.90. The molecule has 2 nitrogen and oxygen atoms in total. The molecule has 0 aromatic heterocycles. The van der Waals surface area contributed by atoms with Crippen LogP contribution in [0.25, 0.3) is 0 Å². The van der Waals surface area contributed by atoms with Gasteiger partial charge in [0.2, 0.25) is 0 Å². The lowest BCUT2D eigenvalue weighted by Gasteiger charge is -2.10. The Morgan fingerprint density at radius 3 is 2.36 bits per heavy atom. The van der Waals surface area contributed by atoms with Crippen molar-refractivity contribution in [3.8, 4) is 0 Å². The summed E-state index contributed by atoms with van der Waals surface area (Å²) in [5.74, 6) is 0. The van der Waals surface area contributed by atoms with Gasteiger partial charge < -0.3 is 9.84 Å². The lowest BCUT2D eigenvalue weighted by Crippen LogP contribution is -2.10. The zero-order chi connectivity index (χ0) is 10.6. The molecule has 0 saturated carbocycles. The van der Waals surface area contributed by atoms with Crippen LogP contribution in [-0.4, -0.2) is 24.4 Å². The number of hydrogen-bond donors (Lipinski definition) is 1. The number of ether oxygens (including phenoxy) is 1. The molecular formula is C12H26O2. The lowest BCUT2D eigenvalue weighted by atomic mass is 10.1. The minimum atomic E-state index is -0.149. The molecule has 0 aromatic carbocycles. The summed E-state index contributed by atoms with van der Waals surface area (Å²) in [6, 6.07) is 0. The van der Waals surface area contributed by atoms with Gasteiger partial charge in [-0.25, -0.2) is 0 Å². The van der Waals surface area contributed by atoms with Crippen molar-refractivity contribution in [1.82, 2.24) is 0 Å². The van der Waals surface area contributed by atoms with E-state index in [9.17, 15) is 5.11 Å². The topological polar surface area (TPSA) is 29.5 Å². The molecular weight excluding hydrogens is 176 g/mol. The summed E-state index contributed by atoms with van der Waals surface area (Å²) in [5, 5.41) is 9.57. The van der Waals surface area contributed by atoms with E-state index in [2.05, 4.69) is 13.8 Å². The van der Waals surface area contributed by atoms with E-state index >= 15 is 0 Å². The van der Waals surface area contributed by atoms with Gasteiger partial charge in [-0.2, -0.15) is 0 Å². The highest BCUT2D eigenvalue weighted by Crippen LogP contribution is 2.07. The number of unbranched alkanes of at least 4 members (excludes halogenated alkanes) is 3. The summed E-state index contributed by atoms with van der Waals surface area (Å²) < 4.78 is 5.32. The third-order valence-corrected chi connectivity index (χ3v) is 2.33. The average Bonchev–Trinajstić information content (AvgIpc) is 2.19. The van der Waals surface area contributed by atoms with E-state index in [0.717, 1.165) is 32.3 Å². The van der Waals surface area contributed by atoms with E-state index in [1.165, 1.54) is 19.3 Å². The van der Waals surface area contributed by atoms with Gasteiger partial charge in [-0.1, -0.05) is 39.5 Å². The Morgan fingerprint density at radius 1 is 0.929 bits per heavy atom. The van der Waals surface area contributed by atoms with Crippen LogP contribution in [0.2, 0.25) is 0 Å². The van der Waals surface area contributed by atoms with Crippen LogP contribution in [0, 0.1) is 0 Å². The summed E-state index contributed by atoms with van der Waals surface area (Å²) in [6.07, 6.45) is 7.61. The summed E-state index contributed by atoms with van der Waals surface area (Å²) in [4.78, 5) is 0. The Morgan fingerprint density at radius 2 is 1.71 bits per heavy atom. The molecule has 0 aromatic rings. The molecule has 1 N–H and O–H groups in total. The van der Waals surface area contributed by atoms with Crippen LogP contribution < -0.4 is 0 Å². The number of rotatable bonds is 10. The highest BCUT2D eigenvalue weighted by atomic mass is 16.5. The Kier molecular flexibility index (Phi) is 10.9. The molecule has 0 heterocycles. The van der Waals surface area contributed by atoms with Crippen LogP contribution in [0.5, 0.6) is 0 Å². The van der Waals surface area contributed by atoms with Crippen molar-refractivity contribution in [2.75, 3.05) is 13.2 Å². The van der Waals surface area contributed by atoms with Gasteiger partial charge >= 0.3 is 0 Å². The van der Waals surface area contributed by atoms with E-state index in [1.54, 1.807) is 0 Å². The molecule has 2 heteroatoms. The predicted molar refractivity (Wildman–Crippen MR) is 60.5 cm³/mol. The predicted octanol–water partition coefficient (Wildman–Crippen LogP) is 3.13. The van der Waals surface area contributed by atoms with E-state index in [0.29, 0.717) is 6.61 Å². The smallest absolute Gasteiger partial charge is 0.0562 e. The molecule has 86 valence electrons. The Hall–Kier alpha value is -0.0800. The molecule has 0 fully saturated rings. The summed E-state index contributed by atoms with van der Waals surface area (Å²) in [6.45, 7) is 5.83. The number of aliphatic hydroxyl groups excluding tert-OH is 1. The van der Waals surface area contributed by atoms with Crippen LogP contribution in [0.15, 0.2) is 0 Å². The van der Waals surface area contributed by atoms with Gasteiger partial charge in [-0.05, 0) is 19.3 Å². The maximum absolute atomic E-state index is 9.57. The molecule has 0 saturated heterocycles. The van der Waals surface area contributed by atoms with Gasteiger partial charge in [0.15, 0.2) is 0 Å². The Labute approximate surface area is 88.7 Å². The number of aliphatic hydroxyl groups is 1. The second-order valence-electron chi connectivity index (χ2n) is 3.90. The van der Waals surface area contributed by atoms with Crippen molar-refractivity contribution in [2.45, 2.75) is 64.9 Å². The van der Waals surface area contributed by atoms with Gasteiger partial charge in [0.05, 0.1) is 6.10 Å². The molecule has 0 amide bonds. The molecule has 0 spiro atoms. The molecule has 0 radical (unpaired) electrons. The summed E-state index contributed by atoms with van der Waals surface area (Å²) in [5.41, 5.74) is 0. The first-order chi connectivity index (χ1) is 6.81. The fourth-order valence-electron chi connectivity index (χ4n) is 1.42. The van der Waals surface area contributed by atoms with Gasteiger partial charge in [0.1, 0.15) is 0 Å². The van der Waals surface area contributed by atoms with E-state index < -0.39 is 0 Å². The van der Waals surface area contributed by atoms with Crippen molar-refractivity contribution < 1.29 is 9.84 Å². The first kappa shape index (κ1) is 13.9. The normalized spacial score (nSPS) is 13.1. The van der Waals surface area contributed by atoms with Crippen LogP contribution in [0.3, 0.4) is 0 Å². The van der Waals surface area contributed by atoms with Crippen molar-refractivity contribution in [3.63, 3.8) is 0 Å². The maximum Gasteiger partial charge on any atom is 0.0562 e. The molecule has 1 unspecified atom stereocenters. The van der Waals surface area contributed by atoms with Gasteiger partial charge in [0.25, 0.3) is 0 Å². The maximum atomic E-state index is 9.57. The fourth-order valence-corrected chi connectivity index (χ4v) is 1.42. The van der Waals surface area contributed by atoms with Crippen molar-refractivity contribution in [3.05, 3.63) is 0 Å². The second kappa shape index (κ2) is 11.0. The molecule has 0 bridgehead atoms. The summed E-state index contributed by atoms with van der Waals surface area (Å²) >= 11 is 0. The Balaban J connectivity index is 3.07. The first-order valence-corrected chi connectivity index (χ1v) is 6.07. The lowest BCUT2D eigenvalue weighted by molar-refractivity contribution is 0.0771. The van der Waals surface area contributed by atoms with E-state index in [4.69, 9.17) is 4.74 Å². The van der Waals surface area contributed by atoms with Crippen molar-refractivity contribution in [1.29, 1.82) is 0 Å². The molecule has 0 aliphatic heterocycles. The van der Waals surface area contributed by atoms with E-state index in [1.807, 2.05) is 0 Å². The van der Waals surface area contributed by atoms with Gasteiger partial charge in [0, 0.05) is 13.2 Å². The molecule has 0 aliphatic rings. The van der Waals surface area contributed by atoms with Gasteiger partial charge in [-0.15, -0.1) is 0 Å². The van der Waals surface area contributed by atoms with Crippen LogP contribution in [0.1, 0.15) is 58.8 Å². The van der Waals surface area contributed by atoms with Crippen molar-refractivity contribution in [2.24, 2.45) is 0 Å². The highest BCUT2D eigenvalue weighted by molar-refractivity contribution is 4.55.